The van der Waals surface area contributed by atoms with Crippen LogP contribution >= 0.6 is 0 Å². The molecule has 2 aromatic carbocycles. The van der Waals surface area contributed by atoms with Crippen molar-refractivity contribution in [2.24, 2.45) is 0 Å². The lowest BCUT2D eigenvalue weighted by Crippen LogP contribution is -2.33. The van der Waals surface area contributed by atoms with E-state index in [2.05, 4.69) is 5.32 Å². The van der Waals surface area contributed by atoms with Gasteiger partial charge in [0.1, 0.15) is 5.75 Å². The Morgan fingerprint density at radius 2 is 1.82 bits per heavy atom. The summed E-state index contributed by atoms with van der Waals surface area (Å²) in [6.45, 7) is 2.73. The first-order valence-electron chi connectivity index (χ1n) is 7.42. The lowest BCUT2D eigenvalue weighted by molar-refractivity contribution is 0.0916. The van der Waals surface area contributed by atoms with Crippen molar-refractivity contribution in [3.05, 3.63) is 65.7 Å². The van der Waals surface area contributed by atoms with E-state index in [1.165, 1.54) is 0 Å². The minimum absolute atomic E-state index is 0.199. The number of carbonyl (C=O) groups is 1. The van der Waals surface area contributed by atoms with Gasteiger partial charge < -0.3 is 15.2 Å². The molecule has 0 fully saturated rings. The summed E-state index contributed by atoms with van der Waals surface area (Å²) in [5, 5.41) is 12.7. The average molecular weight is 299 g/mol. The summed E-state index contributed by atoms with van der Waals surface area (Å²) in [7, 11) is 0. The fourth-order valence-corrected chi connectivity index (χ4v) is 2.14. The topological polar surface area (TPSA) is 58.6 Å². The van der Waals surface area contributed by atoms with Gasteiger partial charge in [0.2, 0.25) is 0 Å². The number of carbonyl (C=O) groups excluding carboxylic acids is 1. The van der Waals surface area contributed by atoms with Gasteiger partial charge in [0.15, 0.2) is 0 Å². The Morgan fingerprint density at radius 3 is 2.45 bits per heavy atom. The van der Waals surface area contributed by atoms with Crippen molar-refractivity contribution in [1.82, 2.24) is 5.32 Å². The van der Waals surface area contributed by atoms with Crippen LogP contribution in [0.5, 0.6) is 5.75 Å². The van der Waals surface area contributed by atoms with E-state index in [0.717, 1.165) is 11.3 Å². The van der Waals surface area contributed by atoms with Gasteiger partial charge >= 0.3 is 0 Å². The number of benzene rings is 2. The predicted octanol–water partition coefficient (Wildman–Crippen LogP) is 2.42. The van der Waals surface area contributed by atoms with Gasteiger partial charge in [0, 0.05) is 18.5 Å². The van der Waals surface area contributed by atoms with Crippen LogP contribution in [0.1, 0.15) is 22.8 Å². The molecular formula is C18H21NO3. The molecule has 0 radical (unpaired) electrons. The predicted molar refractivity (Wildman–Crippen MR) is 86.1 cm³/mol. The smallest absolute Gasteiger partial charge is 0.251 e. The van der Waals surface area contributed by atoms with Crippen molar-refractivity contribution in [2.75, 3.05) is 13.2 Å². The molecule has 0 unspecified atom stereocenters. The van der Waals surface area contributed by atoms with Gasteiger partial charge in [-0.1, -0.05) is 30.3 Å². The molecule has 0 saturated carbocycles. The molecule has 0 aliphatic heterocycles. The maximum absolute atomic E-state index is 12.0. The zero-order valence-electron chi connectivity index (χ0n) is 12.7. The van der Waals surface area contributed by atoms with Crippen molar-refractivity contribution in [2.45, 2.75) is 19.4 Å². The molecule has 0 spiro atoms. The second-order valence-electron chi connectivity index (χ2n) is 5.01. The molecule has 0 aliphatic carbocycles. The normalized spacial score (nSPS) is 11.7. The molecule has 0 aromatic heterocycles. The van der Waals surface area contributed by atoms with Gasteiger partial charge in [0.25, 0.3) is 5.91 Å². The Morgan fingerprint density at radius 1 is 1.14 bits per heavy atom. The summed E-state index contributed by atoms with van der Waals surface area (Å²) in [6.07, 6.45) is -0.0845. The van der Waals surface area contributed by atoms with Crippen molar-refractivity contribution in [3.8, 4) is 5.75 Å². The molecule has 0 aliphatic rings. The summed E-state index contributed by atoms with van der Waals surface area (Å²) in [5.74, 6) is 0.540. The highest BCUT2D eigenvalue weighted by atomic mass is 16.5. The van der Waals surface area contributed by atoms with E-state index in [9.17, 15) is 9.90 Å². The molecule has 2 N–H and O–H groups in total. The molecule has 1 amide bonds. The molecule has 2 aromatic rings. The first kappa shape index (κ1) is 16.0. The quantitative estimate of drug-likeness (QED) is 0.825. The molecule has 2 rings (SSSR count). The van der Waals surface area contributed by atoms with Gasteiger partial charge in [0.05, 0.1) is 12.7 Å². The van der Waals surface area contributed by atoms with E-state index in [1.807, 2.05) is 37.3 Å². The SMILES string of the molecule is CCOc1ccc(C(=O)NC[C@H](O)Cc2ccccc2)cc1. The third-order valence-electron chi connectivity index (χ3n) is 3.24. The number of aliphatic hydroxyl groups excluding tert-OH is 1. The minimum atomic E-state index is -0.603. The zero-order valence-corrected chi connectivity index (χ0v) is 12.7. The fraction of sp³-hybridized carbons (Fsp3) is 0.278. The number of rotatable bonds is 7. The van der Waals surface area contributed by atoms with Crippen LogP contribution in [-0.2, 0) is 6.42 Å². The lowest BCUT2D eigenvalue weighted by atomic mass is 10.1. The minimum Gasteiger partial charge on any atom is -0.494 e. The monoisotopic (exact) mass is 299 g/mol. The molecule has 0 saturated heterocycles. The zero-order chi connectivity index (χ0) is 15.8. The second-order valence-corrected chi connectivity index (χ2v) is 5.01. The number of aliphatic hydroxyl groups is 1. The van der Waals surface area contributed by atoms with Crippen molar-refractivity contribution < 1.29 is 14.6 Å². The second kappa shape index (κ2) is 8.20. The van der Waals surface area contributed by atoms with Crippen molar-refractivity contribution in [3.63, 3.8) is 0 Å². The van der Waals surface area contributed by atoms with E-state index < -0.39 is 6.10 Å². The molecular weight excluding hydrogens is 278 g/mol. The van der Waals surface area contributed by atoms with Crippen LogP contribution in [0.15, 0.2) is 54.6 Å². The molecule has 22 heavy (non-hydrogen) atoms. The lowest BCUT2D eigenvalue weighted by Gasteiger charge is -2.12. The standard InChI is InChI=1S/C18H21NO3/c1-2-22-17-10-8-15(9-11-17)18(21)19-13-16(20)12-14-6-4-3-5-7-14/h3-11,16,20H,2,12-13H2,1H3,(H,19,21)/t16-/m1/s1. The highest BCUT2D eigenvalue weighted by Gasteiger charge is 2.09. The molecule has 0 bridgehead atoms. The molecule has 4 heteroatoms. The Hall–Kier alpha value is -2.33. The number of hydrogen-bond acceptors (Lipinski definition) is 3. The van der Waals surface area contributed by atoms with Crippen LogP contribution in [-0.4, -0.2) is 30.3 Å². The third-order valence-corrected chi connectivity index (χ3v) is 3.24. The number of ether oxygens (including phenoxy) is 1. The van der Waals surface area contributed by atoms with Crippen LogP contribution in [0.2, 0.25) is 0 Å². The van der Waals surface area contributed by atoms with Crippen LogP contribution in [0.4, 0.5) is 0 Å². The maximum atomic E-state index is 12.0. The van der Waals surface area contributed by atoms with Gasteiger partial charge in [-0.15, -0.1) is 0 Å². The van der Waals surface area contributed by atoms with E-state index >= 15 is 0 Å². The van der Waals surface area contributed by atoms with Gasteiger partial charge in [-0.25, -0.2) is 0 Å². The van der Waals surface area contributed by atoms with Gasteiger partial charge in [-0.3, -0.25) is 4.79 Å². The Kier molecular flexibility index (Phi) is 5.98. The van der Waals surface area contributed by atoms with E-state index in [0.29, 0.717) is 18.6 Å². The summed E-state index contributed by atoms with van der Waals surface area (Å²) >= 11 is 0. The third kappa shape index (κ3) is 4.90. The van der Waals surface area contributed by atoms with Gasteiger partial charge in [-0.05, 0) is 36.8 Å². The first-order chi connectivity index (χ1) is 10.7. The fourth-order valence-electron chi connectivity index (χ4n) is 2.14. The van der Waals surface area contributed by atoms with Gasteiger partial charge in [-0.2, -0.15) is 0 Å². The van der Waals surface area contributed by atoms with Crippen LogP contribution in [0.3, 0.4) is 0 Å². The summed E-state index contributed by atoms with van der Waals surface area (Å²) < 4.78 is 5.33. The Balaban J connectivity index is 1.81. The maximum Gasteiger partial charge on any atom is 0.251 e. The first-order valence-corrected chi connectivity index (χ1v) is 7.42. The van der Waals surface area contributed by atoms with E-state index in [4.69, 9.17) is 4.74 Å². The Bertz CT molecular complexity index is 581. The number of nitrogens with one attached hydrogen (secondary N) is 1. The largest absolute Gasteiger partial charge is 0.494 e. The Labute approximate surface area is 130 Å². The van der Waals surface area contributed by atoms with Crippen LogP contribution in [0.25, 0.3) is 0 Å². The van der Waals surface area contributed by atoms with Crippen molar-refractivity contribution in [1.29, 1.82) is 0 Å². The molecule has 0 heterocycles. The van der Waals surface area contributed by atoms with Crippen LogP contribution in [0, 0.1) is 0 Å². The highest BCUT2D eigenvalue weighted by Crippen LogP contribution is 2.12. The summed E-state index contributed by atoms with van der Waals surface area (Å²) in [5.41, 5.74) is 1.60. The van der Waals surface area contributed by atoms with Crippen LogP contribution < -0.4 is 10.1 Å². The molecule has 116 valence electrons. The number of amides is 1. The summed E-state index contributed by atoms with van der Waals surface area (Å²) in [6, 6.07) is 16.7. The number of hydrogen-bond donors (Lipinski definition) is 2. The van der Waals surface area contributed by atoms with Crippen molar-refractivity contribution >= 4 is 5.91 Å². The average Bonchev–Trinajstić information content (AvgIpc) is 2.54. The molecule has 4 nitrogen and oxygen atoms in total. The van der Waals surface area contributed by atoms with E-state index in [1.54, 1.807) is 24.3 Å². The van der Waals surface area contributed by atoms with E-state index in [-0.39, 0.29) is 12.5 Å². The molecule has 1 atom stereocenters. The summed E-state index contributed by atoms with van der Waals surface area (Å²) in [4.78, 5) is 12.0. The highest BCUT2D eigenvalue weighted by molar-refractivity contribution is 5.94.